The summed E-state index contributed by atoms with van der Waals surface area (Å²) in [6, 6.07) is 6.33. The maximum atomic E-state index is 6.10. The van der Waals surface area contributed by atoms with Crippen LogP contribution in [0.15, 0.2) is 24.2 Å². The van der Waals surface area contributed by atoms with Gasteiger partial charge in [0.15, 0.2) is 0 Å². The molecule has 1 saturated heterocycles. The summed E-state index contributed by atoms with van der Waals surface area (Å²) in [6.07, 6.45) is 3.34. The van der Waals surface area contributed by atoms with E-state index in [2.05, 4.69) is 45.8 Å². The predicted octanol–water partition coefficient (Wildman–Crippen LogP) is 4.05. The molecule has 0 unspecified atom stereocenters. The average Bonchev–Trinajstić information content (AvgIpc) is 2.66. The van der Waals surface area contributed by atoms with Gasteiger partial charge in [-0.3, -0.25) is 0 Å². The molecule has 1 aromatic carbocycles. The average molecular weight is 300 g/mol. The Morgan fingerprint density at radius 2 is 1.77 bits per heavy atom. The van der Waals surface area contributed by atoms with Crippen molar-refractivity contribution in [2.24, 2.45) is 0 Å². The van der Waals surface area contributed by atoms with E-state index in [-0.39, 0.29) is 18.3 Å². The van der Waals surface area contributed by atoms with Gasteiger partial charge in [-0.15, -0.1) is 0 Å². The quantitative estimate of drug-likeness (QED) is 0.771. The molecule has 0 spiro atoms. The molecular formula is C18H25BO3. The van der Waals surface area contributed by atoms with Crippen LogP contribution in [0.4, 0.5) is 0 Å². The molecule has 0 N–H and O–H groups in total. The van der Waals surface area contributed by atoms with E-state index in [1.54, 1.807) is 7.11 Å². The molecule has 1 aliphatic carbocycles. The van der Waals surface area contributed by atoms with E-state index in [0.717, 1.165) is 25.0 Å². The molecule has 2 aliphatic rings. The first-order valence-electron chi connectivity index (χ1n) is 8.06. The third-order valence-electron chi connectivity index (χ3n) is 5.16. The van der Waals surface area contributed by atoms with Crippen molar-refractivity contribution < 1.29 is 14.0 Å². The van der Waals surface area contributed by atoms with E-state index in [9.17, 15) is 0 Å². The summed E-state index contributed by atoms with van der Waals surface area (Å²) in [5.74, 6) is 3.08. The lowest BCUT2D eigenvalue weighted by atomic mass is 9.79. The number of methoxy groups -OCH3 is 1. The highest BCUT2D eigenvalue weighted by atomic mass is 16.7. The SMILES string of the molecule is COc1ccc2c(c1)CCCC2=CB1OC(C)(C)C(C)(C)O1. The molecule has 0 aromatic heterocycles. The molecule has 0 atom stereocenters. The Balaban J connectivity index is 1.89. The van der Waals surface area contributed by atoms with Gasteiger partial charge in [0, 0.05) is 0 Å². The molecule has 0 amide bonds. The van der Waals surface area contributed by atoms with Crippen LogP contribution in [-0.2, 0) is 15.7 Å². The zero-order chi connectivity index (χ0) is 16.0. The molecule has 1 fully saturated rings. The molecule has 0 saturated carbocycles. The van der Waals surface area contributed by atoms with Crippen LogP contribution in [-0.4, -0.2) is 25.4 Å². The van der Waals surface area contributed by atoms with E-state index in [1.165, 1.54) is 16.7 Å². The van der Waals surface area contributed by atoms with E-state index in [0.29, 0.717) is 0 Å². The number of benzene rings is 1. The molecule has 22 heavy (non-hydrogen) atoms. The van der Waals surface area contributed by atoms with Gasteiger partial charge in [0.1, 0.15) is 5.75 Å². The van der Waals surface area contributed by atoms with Crippen molar-refractivity contribution in [3.63, 3.8) is 0 Å². The van der Waals surface area contributed by atoms with Crippen LogP contribution in [0.5, 0.6) is 5.75 Å². The molecule has 4 heteroatoms. The summed E-state index contributed by atoms with van der Waals surface area (Å²) in [7, 11) is 1.44. The minimum Gasteiger partial charge on any atom is -0.497 e. The Kier molecular flexibility index (Phi) is 3.86. The highest BCUT2D eigenvalue weighted by Crippen LogP contribution is 2.39. The van der Waals surface area contributed by atoms with E-state index >= 15 is 0 Å². The van der Waals surface area contributed by atoms with Crippen LogP contribution in [0, 0.1) is 0 Å². The van der Waals surface area contributed by atoms with Crippen LogP contribution in [0.25, 0.3) is 5.57 Å². The summed E-state index contributed by atoms with van der Waals surface area (Å²) in [5, 5.41) is 0. The fraction of sp³-hybridized carbons (Fsp3) is 0.556. The topological polar surface area (TPSA) is 27.7 Å². The van der Waals surface area contributed by atoms with Gasteiger partial charge in [-0.1, -0.05) is 12.0 Å². The van der Waals surface area contributed by atoms with Gasteiger partial charge >= 0.3 is 7.12 Å². The minimum atomic E-state index is -0.286. The Hall–Kier alpha value is -1.26. The fourth-order valence-corrected chi connectivity index (χ4v) is 3.12. The van der Waals surface area contributed by atoms with Crippen molar-refractivity contribution in [1.29, 1.82) is 0 Å². The number of allylic oxidation sites excluding steroid dienone is 1. The standard InChI is InChI=1S/C18H25BO3/c1-17(2)18(3,4)22-19(21-17)12-14-8-6-7-13-11-15(20-5)9-10-16(13)14/h9-12H,6-8H2,1-5H3. The lowest BCUT2D eigenvalue weighted by Gasteiger charge is -2.32. The van der Waals surface area contributed by atoms with Crippen molar-refractivity contribution in [3.05, 3.63) is 35.3 Å². The first kappa shape index (κ1) is 15.6. The lowest BCUT2D eigenvalue weighted by molar-refractivity contribution is 0.00578. The Bertz CT molecular complexity index is 588. The number of hydrogen-bond acceptors (Lipinski definition) is 3. The molecule has 1 aliphatic heterocycles. The predicted molar refractivity (Wildman–Crippen MR) is 90.0 cm³/mol. The first-order chi connectivity index (χ1) is 10.3. The van der Waals surface area contributed by atoms with Gasteiger partial charge in [-0.25, -0.2) is 0 Å². The van der Waals surface area contributed by atoms with Crippen molar-refractivity contribution in [1.82, 2.24) is 0 Å². The molecular weight excluding hydrogens is 275 g/mol. The Morgan fingerprint density at radius 1 is 1.09 bits per heavy atom. The first-order valence-corrected chi connectivity index (χ1v) is 8.06. The second-order valence-corrected chi connectivity index (χ2v) is 7.19. The fourth-order valence-electron chi connectivity index (χ4n) is 3.12. The largest absolute Gasteiger partial charge is 0.497 e. The van der Waals surface area contributed by atoms with Gasteiger partial charge in [0.05, 0.1) is 18.3 Å². The van der Waals surface area contributed by atoms with E-state index < -0.39 is 0 Å². The molecule has 118 valence electrons. The van der Waals surface area contributed by atoms with Gasteiger partial charge < -0.3 is 14.0 Å². The zero-order valence-electron chi connectivity index (χ0n) is 14.2. The summed E-state index contributed by atoms with van der Waals surface area (Å²) >= 11 is 0. The van der Waals surface area contributed by atoms with Crippen LogP contribution < -0.4 is 4.74 Å². The zero-order valence-corrected chi connectivity index (χ0v) is 14.2. The maximum Gasteiger partial charge on any atom is 0.487 e. The van der Waals surface area contributed by atoms with E-state index in [1.807, 2.05) is 6.07 Å². The number of ether oxygens (including phenoxy) is 1. The number of rotatable bonds is 2. The molecule has 1 aromatic rings. The number of hydrogen-bond donors (Lipinski definition) is 0. The molecule has 0 bridgehead atoms. The maximum absolute atomic E-state index is 6.10. The van der Waals surface area contributed by atoms with Crippen LogP contribution >= 0.6 is 0 Å². The summed E-state index contributed by atoms with van der Waals surface area (Å²) in [4.78, 5) is 0. The van der Waals surface area contributed by atoms with Crippen LogP contribution in [0.2, 0.25) is 0 Å². The summed E-state index contributed by atoms with van der Waals surface area (Å²) in [5.41, 5.74) is 3.41. The van der Waals surface area contributed by atoms with Crippen molar-refractivity contribution in [3.8, 4) is 5.75 Å². The third kappa shape index (κ3) is 2.70. The summed E-state index contributed by atoms with van der Waals surface area (Å²) < 4.78 is 17.5. The molecule has 1 heterocycles. The second kappa shape index (κ2) is 5.43. The van der Waals surface area contributed by atoms with E-state index in [4.69, 9.17) is 14.0 Å². The summed E-state index contributed by atoms with van der Waals surface area (Å²) in [6.45, 7) is 8.35. The number of fused-ring (bicyclic) bond motifs is 1. The van der Waals surface area contributed by atoms with Gasteiger partial charge in [-0.2, -0.15) is 0 Å². The van der Waals surface area contributed by atoms with Gasteiger partial charge in [0.25, 0.3) is 0 Å². The monoisotopic (exact) mass is 300 g/mol. The highest BCUT2D eigenvalue weighted by Gasteiger charge is 2.50. The lowest BCUT2D eigenvalue weighted by Crippen LogP contribution is -2.41. The number of aryl methyl sites for hydroxylation is 1. The van der Waals surface area contributed by atoms with Crippen molar-refractivity contribution in [2.75, 3.05) is 7.11 Å². The molecule has 3 nitrogen and oxygen atoms in total. The van der Waals surface area contributed by atoms with Crippen molar-refractivity contribution >= 4 is 12.7 Å². The molecule has 3 rings (SSSR count). The Morgan fingerprint density at radius 3 is 2.41 bits per heavy atom. The van der Waals surface area contributed by atoms with Crippen LogP contribution in [0.1, 0.15) is 51.7 Å². The smallest absolute Gasteiger partial charge is 0.487 e. The van der Waals surface area contributed by atoms with Gasteiger partial charge in [0.2, 0.25) is 0 Å². The third-order valence-corrected chi connectivity index (χ3v) is 5.16. The highest BCUT2D eigenvalue weighted by molar-refractivity contribution is 6.53. The second-order valence-electron chi connectivity index (χ2n) is 7.19. The normalized spacial score (nSPS) is 24.4. The molecule has 0 radical (unpaired) electrons. The minimum absolute atomic E-state index is 0.270. The van der Waals surface area contributed by atoms with Crippen molar-refractivity contribution in [2.45, 2.75) is 58.2 Å². The Labute approximate surface area is 133 Å². The van der Waals surface area contributed by atoms with Crippen LogP contribution in [0.3, 0.4) is 0 Å². The van der Waals surface area contributed by atoms with Gasteiger partial charge in [-0.05, 0) is 75.8 Å².